The van der Waals surface area contributed by atoms with Gasteiger partial charge in [0.15, 0.2) is 0 Å². The number of likely N-dealkylation sites (N-methyl/N-ethyl adjacent to an activating group) is 1. The number of hydrogen-bond donors (Lipinski definition) is 1. The first kappa shape index (κ1) is 16.0. The van der Waals surface area contributed by atoms with Crippen LogP contribution in [0.3, 0.4) is 0 Å². The normalized spacial score (nSPS) is 12.7. The summed E-state index contributed by atoms with van der Waals surface area (Å²) in [7, 11) is 3.77. The van der Waals surface area contributed by atoms with Gasteiger partial charge in [-0.25, -0.2) is 0 Å². The van der Waals surface area contributed by atoms with Gasteiger partial charge < -0.3 is 15.0 Å². The summed E-state index contributed by atoms with van der Waals surface area (Å²) in [6, 6.07) is 8.87. The van der Waals surface area contributed by atoms with Crippen molar-refractivity contribution in [2.45, 2.75) is 32.7 Å². The molecule has 0 aromatic heterocycles. The van der Waals surface area contributed by atoms with E-state index >= 15 is 0 Å². The van der Waals surface area contributed by atoms with Crippen LogP contribution in [0, 0.1) is 0 Å². The predicted molar refractivity (Wildman–Crippen MR) is 82.0 cm³/mol. The van der Waals surface area contributed by atoms with E-state index in [0.29, 0.717) is 6.04 Å². The lowest BCUT2D eigenvalue weighted by atomic mass is 10.0. The molecule has 0 amide bonds. The van der Waals surface area contributed by atoms with Crippen LogP contribution in [0.2, 0.25) is 0 Å². The zero-order chi connectivity index (χ0) is 14.1. The van der Waals surface area contributed by atoms with Crippen molar-refractivity contribution in [1.29, 1.82) is 0 Å². The van der Waals surface area contributed by atoms with Crippen LogP contribution < -0.4 is 10.1 Å². The zero-order valence-electron chi connectivity index (χ0n) is 12.8. The molecule has 1 aromatic carbocycles. The summed E-state index contributed by atoms with van der Waals surface area (Å²) < 4.78 is 5.27. The van der Waals surface area contributed by atoms with Crippen LogP contribution in [0.1, 0.15) is 25.8 Å². The van der Waals surface area contributed by atoms with E-state index in [9.17, 15) is 0 Å². The molecule has 3 heteroatoms. The fraction of sp³-hybridized carbons (Fsp3) is 0.625. The molecule has 1 unspecified atom stereocenters. The van der Waals surface area contributed by atoms with E-state index < -0.39 is 0 Å². The van der Waals surface area contributed by atoms with Gasteiger partial charge in [-0.2, -0.15) is 0 Å². The van der Waals surface area contributed by atoms with Crippen LogP contribution in [-0.4, -0.2) is 44.7 Å². The van der Waals surface area contributed by atoms with Gasteiger partial charge in [-0.15, -0.1) is 0 Å². The first-order valence-corrected chi connectivity index (χ1v) is 7.26. The minimum absolute atomic E-state index is 0.521. The average molecular weight is 264 g/mol. The van der Waals surface area contributed by atoms with Crippen molar-refractivity contribution in [3.05, 3.63) is 29.8 Å². The third kappa shape index (κ3) is 5.62. The molecule has 108 valence electrons. The van der Waals surface area contributed by atoms with Gasteiger partial charge in [-0.3, -0.25) is 0 Å². The molecule has 0 saturated heterocycles. The SMILES string of the molecule is CCN(CC)CCC(Cc1cccc(OC)c1)NC. The summed E-state index contributed by atoms with van der Waals surface area (Å²) in [5, 5.41) is 3.42. The standard InChI is InChI=1S/C16H28N2O/c1-5-18(6-2)11-10-15(17-3)12-14-8-7-9-16(13-14)19-4/h7-9,13,15,17H,5-6,10-12H2,1-4H3. The molecule has 1 N–H and O–H groups in total. The van der Waals surface area contributed by atoms with E-state index in [1.807, 2.05) is 13.1 Å². The van der Waals surface area contributed by atoms with Gasteiger partial charge in [0, 0.05) is 6.04 Å². The van der Waals surface area contributed by atoms with E-state index in [1.54, 1.807) is 7.11 Å². The van der Waals surface area contributed by atoms with Crippen LogP contribution in [0.5, 0.6) is 5.75 Å². The summed E-state index contributed by atoms with van der Waals surface area (Å²) >= 11 is 0. The summed E-state index contributed by atoms with van der Waals surface area (Å²) in [5.41, 5.74) is 1.33. The Morgan fingerprint density at radius 3 is 2.58 bits per heavy atom. The Morgan fingerprint density at radius 2 is 2.00 bits per heavy atom. The predicted octanol–water partition coefficient (Wildman–Crippen LogP) is 2.56. The number of benzene rings is 1. The van der Waals surface area contributed by atoms with Crippen molar-refractivity contribution in [3.63, 3.8) is 0 Å². The first-order chi connectivity index (χ1) is 9.23. The smallest absolute Gasteiger partial charge is 0.119 e. The third-order valence-electron chi connectivity index (χ3n) is 3.71. The lowest BCUT2D eigenvalue weighted by molar-refractivity contribution is 0.283. The third-order valence-corrected chi connectivity index (χ3v) is 3.71. The van der Waals surface area contributed by atoms with Crippen LogP contribution in [0.25, 0.3) is 0 Å². The molecule has 0 heterocycles. The highest BCUT2D eigenvalue weighted by atomic mass is 16.5. The highest BCUT2D eigenvalue weighted by molar-refractivity contribution is 5.28. The molecule has 1 aromatic rings. The molecule has 0 radical (unpaired) electrons. The van der Waals surface area contributed by atoms with Crippen molar-refractivity contribution in [3.8, 4) is 5.75 Å². The van der Waals surface area contributed by atoms with Crippen molar-refractivity contribution >= 4 is 0 Å². The summed E-state index contributed by atoms with van der Waals surface area (Å²) in [5.74, 6) is 0.941. The molecule has 0 fully saturated rings. The number of nitrogens with zero attached hydrogens (tertiary/aromatic N) is 1. The molecule has 0 bridgehead atoms. The largest absolute Gasteiger partial charge is 0.497 e. The van der Waals surface area contributed by atoms with E-state index in [1.165, 1.54) is 12.0 Å². The first-order valence-electron chi connectivity index (χ1n) is 7.26. The van der Waals surface area contributed by atoms with Gasteiger partial charge in [0.2, 0.25) is 0 Å². The second kappa shape index (κ2) is 8.94. The second-order valence-electron chi connectivity index (χ2n) is 4.86. The average Bonchev–Trinajstić information content (AvgIpc) is 2.47. The van der Waals surface area contributed by atoms with E-state index in [0.717, 1.165) is 31.8 Å². The molecule has 19 heavy (non-hydrogen) atoms. The summed E-state index contributed by atoms with van der Waals surface area (Å²) in [6.07, 6.45) is 2.23. The molecular weight excluding hydrogens is 236 g/mol. The zero-order valence-corrected chi connectivity index (χ0v) is 12.8. The maximum Gasteiger partial charge on any atom is 0.119 e. The Hall–Kier alpha value is -1.06. The van der Waals surface area contributed by atoms with Crippen molar-refractivity contribution in [2.75, 3.05) is 33.8 Å². The minimum atomic E-state index is 0.521. The molecule has 3 nitrogen and oxygen atoms in total. The summed E-state index contributed by atoms with van der Waals surface area (Å²) in [4.78, 5) is 2.47. The fourth-order valence-corrected chi connectivity index (χ4v) is 2.31. The molecule has 1 atom stereocenters. The monoisotopic (exact) mass is 264 g/mol. The maximum absolute atomic E-state index is 5.27. The van der Waals surface area contributed by atoms with Crippen LogP contribution in [0.15, 0.2) is 24.3 Å². The Labute approximate surface area is 118 Å². The number of hydrogen-bond acceptors (Lipinski definition) is 3. The number of rotatable bonds is 9. The van der Waals surface area contributed by atoms with Crippen molar-refractivity contribution in [2.24, 2.45) is 0 Å². The molecule has 0 aliphatic carbocycles. The van der Waals surface area contributed by atoms with Crippen molar-refractivity contribution in [1.82, 2.24) is 10.2 Å². The number of methoxy groups -OCH3 is 1. The quantitative estimate of drug-likeness (QED) is 0.742. The lowest BCUT2D eigenvalue weighted by Crippen LogP contribution is -2.33. The summed E-state index contributed by atoms with van der Waals surface area (Å²) in [6.45, 7) is 7.86. The van der Waals surface area contributed by atoms with Gasteiger partial charge in [0.05, 0.1) is 7.11 Å². The Balaban J connectivity index is 2.51. The molecular formula is C16H28N2O. The van der Waals surface area contributed by atoms with E-state index in [2.05, 4.69) is 42.3 Å². The Kier molecular flexibility index (Phi) is 7.53. The lowest BCUT2D eigenvalue weighted by Gasteiger charge is -2.22. The van der Waals surface area contributed by atoms with Gasteiger partial charge in [0.1, 0.15) is 5.75 Å². The molecule has 0 saturated carbocycles. The van der Waals surface area contributed by atoms with Gasteiger partial charge in [-0.05, 0) is 57.2 Å². The second-order valence-corrected chi connectivity index (χ2v) is 4.86. The van der Waals surface area contributed by atoms with Crippen LogP contribution >= 0.6 is 0 Å². The minimum Gasteiger partial charge on any atom is -0.497 e. The molecule has 0 aliphatic rings. The Bertz CT molecular complexity index is 350. The van der Waals surface area contributed by atoms with E-state index in [-0.39, 0.29) is 0 Å². The van der Waals surface area contributed by atoms with Gasteiger partial charge >= 0.3 is 0 Å². The van der Waals surface area contributed by atoms with E-state index in [4.69, 9.17) is 4.74 Å². The van der Waals surface area contributed by atoms with Crippen LogP contribution in [-0.2, 0) is 6.42 Å². The number of nitrogens with one attached hydrogen (secondary N) is 1. The maximum atomic E-state index is 5.27. The Morgan fingerprint density at radius 1 is 1.26 bits per heavy atom. The van der Waals surface area contributed by atoms with Crippen molar-refractivity contribution < 1.29 is 4.74 Å². The molecule has 0 aliphatic heterocycles. The van der Waals surface area contributed by atoms with Gasteiger partial charge in [0.25, 0.3) is 0 Å². The van der Waals surface area contributed by atoms with Crippen LogP contribution in [0.4, 0.5) is 0 Å². The van der Waals surface area contributed by atoms with Gasteiger partial charge in [-0.1, -0.05) is 26.0 Å². The highest BCUT2D eigenvalue weighted by Crippen LogP contribution is 2.15. The topological polar surface area (TPSA) is 24.5 Å². The number of ether oxygens (including phenoxy) is 1. The molecule has 1 rings (SSSR count). The highest BCUT2D eigenvalue weighted by Gasteiger charge is 2.09. The fourth-order valence-electron chi connectivity index (χ4n) is 2.31. The molecule has 0 spiro atoms.